The highest BCUT2D eigenvalue weighted by Crippen LogP contribution is 2.38. The number of nitrogens with zero attached hydrogens (tertiary/aromatic N) is 3. The molecule has 10 nitrogen and oxygen atoms in total. The minimum Gasteiger partial charge on any atom is -0.497 e. The summed E-state index contributed by atoms with van der Waals surface area (Å²) in [5.74, 6) is -5.56. The summed E-state index contributed by atoms with van der Waals surface area (Å²) in [5.41, 5.74) is 0.00745. The van der Waals surface area contributed by atoms with Crippen molar-refractivity contribution in [2.24, 2.45) is 5.92 Å². The molecule has 1 aromatic heterocycles. The monoisotopic (exact) mass is 785 g/mol. The van der Waals surface area contributed by atoms with E-state index in [9.17, 15) is 22.0 Å². The molecule has 1 aliphatic heterocycles. The minimum atomic E-state index is -4.83. The summed E-state index contributed by atoms with van der Waals surface area (Å²) in [4.78, 5) is 17.4. The van der Waals surface area contributed by atoms with E-state index < -0.39 is 67.5 Å². The average Bonchev–Trinajstić information content (AvgIpc) is 3.52. The Kier molecular flexibility index (Phi) is 11.8. The number of carbonyl (C=O) groups is 1. The average molecular weight is 786 g/mol. The smallest absolute Gasteiger partial charge is 0.410 e. The number of ether oxygens (including phenoxy) is 4. The number of aromatic nitrogens is 1. The highest BCUT2D eigenvalue weighted by atomic mass is 35.5. The molecule has 0 saturated carbocycles. The Morgan fingerprint density at radius 3 is 2.37 bits per heavy atom. The van der Waals surface area contributed by atoms with Crippen LogP contribution in [-0.4, -0.2) is 63.9 Å². The third-order valence-electron chi connectivity index (χ3n) is 8.25. The summed E-state index contributed by atoms with van der Waals surface area (Å²) >= 11 is 6.89. The van der Waals surface area contributed by atoms with Crippen molar-refractivity contribution < 1.29 is 49.7 Å². The Hall–Kier alpha value is -4.28. The van der Waals surface area contributed by atoms with Gasteiger partial charge in [-0.3, -0.25) is 0 Å². The van der Waals surface area contributed by atoms with Crippen molar-refractivity contribution in [2.45, 2.75) is 50.2 Å². The van der Waals surface area contributed by atoms with Crippen molar-refractivity contribution in [3.8, 4) is 17.2 Å². The van der Waals surface area contributed by atoms with Gasteiger partial charge in [-0.15, -0.1) is 0 Å². The molecule has 1 unspecified atom stereocenters. The Labute approximate surface area is 307 Å². The van der Waals surface area contributed by atoms with Gasteiger partial charge in [0.1, 0.15) is 32.1 Å². The second kappa shape index (κ2) is 15.8. The predicted octanol–water partition coefficient (Wildman–Crippen LogP) is 8.19. The van der Waals surface area contributed by atoms with Gasteiger partial charge in [0.2, 0.25) is 5.13 Å². The molecule has 1 saturated heterocycles. The topological polar surface area (TPSA) is 108 Å². The number of amides is 1. The summed E-state index contributed by atoms with van der Waals surface area (Å²) < 4.78 is 110. The van der Waals surface area contributed by atoms with Crippen molar-refractivity contribution in [3.63, 3.8) is 0 Å². The van der Waals surface area contributed by atoms with Crippen molar-refractivity contribution in [1.82, 2.24) is 9.88 Å². The van der Waals surface area contributed by atoms with E-state index in [0.29, 0.717) is 35.4 Å². The first-order valence-electron chi connectivity index (χ1n) is 15.9. The lowest BCUT2D eigenvalue weighted by Crippen LogP contribution is -2.46. The van der Waals surface area contributed by atoms with Crippen LogP contribution in [-0.2, 0) is 21.3 Å². The zero-order valence-corrected chi connectivity index (χ0v) is 31.2. The summed E-state index contributed by atoms with van der Waals surface area (Å²) in [7, 11) is -1.99. The van der Waals surface area contributed by atoms with Gasteiger partial charge in [-0.2, -0.15) is 0 Å². The molecule has 4 aromatic rings. The number of anilines is 1. The number of piperidine rings is 1. The van der Waals surface area contributed by atoms with Crippen molar-refractivity contribution in [2.75, 3.05) is 38.2 Å². The van der Waals surface area contributed by atoms with Crippen LogP contribution < -0.4 is 18.5 Å². The number of carbonyl (C=O) groups excluding carboxylic acids is 1. The Morgan fingerprint density at radius 1 is 0.981 bits per heavy atom. The summed E-state index contributed by atoms with van der Waals surface area (Å²) in [6, 6.07) is 9.27. The van der Waals surface area contributed by atoms with Gasteiger partial charge in [-0.05, 0) is 62.9 Å². The van der Waals surface area contributed by atoms with E-state index in [4.69, 9.17) is 30.5 Å². The maximum atomic E-state index is 15.8. The largest absolute Gasteiger partial charge is 0.497 e. The van der Waals surface area contributed by atoms with E-state index in [-0.39, 0.29) is 41.5 Å². The van der Waals surface area contributed by atoms with Gasteiger partial charge >= 0.3 is 6.09 Å². The van der Waals surface area contributed by atoms with Crippen LogP contribution in [0.25, 0.3) is 0 Å². The molecule has 1 fully saturated rings. The standard InChI is InChI=1S/C35H36ClF4N3O7S2/c1-35(2,3)50-34(44)42-11-10-24(20-7-9-25(37)26(38)12-20)22(17-42)19-49-30-14-28(40)31(15-27(30)39)52(45,46)43(33-41-16-32(36)51-33)18-21-6-8-23(47-4)13-29(21)48-5/h6-9,12-16,22,24H,10-11,17-19H2,1-5H3/t22?,24-/m0/s1. The number of sulfonamides is 1. The van der Waals surface area contributed by atoms with Crippen LogP contribution in [0.4, 0.5) is 27.5 Å². The van der Waals surface area contributed by atoms with Gasteiger partial charge in [0.25, 0.3) is 10.0 Å². The highest BCUT2D eigenvalue weighted by molar-refractivity contribution is 7.93. The number of benzene rings is 3. The van der Waals surface area contributed by atoms with Crippen LogP contribution in [0, 0.1) is 29.2 Å². The van der Waals surface area contributed by atoms with Crippen LogP contribution in [0.1, 0.15) is 44.2 Å². The van der Waals surface area contributed by atoms with Gasteiger partial charge in [-0.25, -0.2) is 40.1 Å². The fraction of sp³-hybridized carbons (Fsp3) is 0.371. The van der Waals surface area contributed by atoms with Crippen LogP contribution >= 0.6 is 22.9 Å². The first kappa shape index (κ1) is 38.9. The maximum absolute atomic E-state index is 15.8. The molecule has 3 aromatic carbocycles. The molecule has 17 heteroatoms. The number of methoxy groups -OCH3 is 2. The number of hydrogen-bond donors (Lipinski definition) is 0. The third-order valence-corrected chi connectivity index (χ3v) is 11.3. The van der Waals surface area contributed by atoms with Crippen molar-refractivity contribution in [3.05, 3.63) is 93.5 Å². The molecule has 0 spiro atoms. The third kappa shape index (κ3) is 8.84. The lowest BCUT2D eigenvalue weighted by molar-refractivity contribution is 0.0109. The number of rotatable bonds is 11. The lowest BCUT2D eigenvalue weighted by Gasteiger charge is -2.39. The first-order chi connectivity index (χ1) is 24.5. The van der Waals surface area contributed by atoms with Gasteiger partial charge in [-0.1, -0.05) is 29.0 Å². The molecular formula is C35H36ClF4N3O7S2. The van der Waals surface area contributed by atoms with E-state index in [0.717, 1.165) is 27.8 Å². The predicted molar refractivity (Wildman–Crippen MR) is 187 cm³/mol. The normalized spacial score (nSPS) is 16.4. The second-order valence-electron chi connectivity index (χ2n) is 12.9. The van der Waals surface area contributed by atoms with E-state index in [1.807, 2.05) is 0 Å². The van der Waals surface area contributed by atoms with Crippen LogP contribution in [0.3, 0.4) is 0 Å². The molecule has 0 radical (unpaired) electrons. The molecule has 1 amide bonds. The molecule has 0 aliphatic carbocycles. The molecule has 52 heavy (non-hydrogen) atoms. The fourth-order valence-corrected chi connectivity index (χ4v) is 8.33. The van der Waals surface area contributed by atoms with E-state index >= 15 is 8.78 Å². The highest BCUT2D eigenvalue weighted by Gasteiger charge is 2.36. The van der Waals surface area contributed by atoms with E-state index in [1.165, 1.54) is 37.4 Å². The maximum Gasteiger partial charge on any atom is 0.410 e. The lowest BCUT2D eigenvalue weighted by atomic mass is 9.81. The molecule has 1 aliphatic rings. The molecule has 0 bridgehead atoms. The Bertz CT molecular complexity index is 2040. The van der Waals surface area contributed by atoms with Gasteiger partial charge in [0, 0.05) is 42.8 Å². The first-order valence-corrected chi connectivity index (χ1v) is 18.5. The van der Waals surface area contributed by atoms with Gasteiger partial charge in [0.05, 0.1) is 33.6 Å². The molecule has 280 valence electrons. The molecular weight excluding hydrogens is 750 g/mol. The van der Waals surface area contributed by atoms with E-state index in [1.54, 1.807) is 32.9 Å². The van der Waals surface area contributed by atoms with Gasteiger partial charge in [0.15, 0.2) is 23.2 Å². The number of thiazole rings is 1. The van der Waals surface area contributed by atoms with E-state index in [2.05, 4.69) is 4.98 Å². The molecule has 2 heterocycles. The summed E-state index contributed by atoms with van der Waals surface area (Å²) in [6.07, 6.45) is 0.930. The van der Waals surface area contributed by atoms with Crippen LogP contribution in [0.2, 0.25) is 4.34 Å². The fourth-order valence-electron chi connectivity index (χ4n) is 5.76. The zero-order chi connectivity index (χ0) is 38.0. The molecule has 5 rings (SSSR count). The Morgan fingerprint density at radius 2 is 1.73 bits per heavy atom. The number of hydrogen-bond acceptors (Lipinski definition) is 9. The van der Waals surface area contributed by atoms with Crippen LogP contribution in [0.15, 0.2) is 59.6 Å². The van der Waals surface area contributed by atoms with Crippen molar-refractivity contribution >= 4 is 44.2 Å². The van der Waals surface area contributed by atoms with Gasteiger partial charge < -0.3 is 23.8 Å². The Balaban J connectivity index is 1.43. The molecule has 0 N–H and O–H groups in total. The summed E-state index contributed by atoms with van der Waals surface area (Å²) in [6.45, 7) is 4.71. The van der Waals surface area contributed by atoms with Crippen molar-refractivity contribution in [1.29, 1.82) is 0 Å². The SMILES string of the molecule is COc1ccc(CN(c2ncc(Cl)s2)S(=O)(=O)c2cc(F)c(OCC3CN(C(=O)OC(C)(C)C)CC[C@H]3c3ccc(F)c(F)c3)cc2F)c(OC)c1. The quantitative estimate of drug-likeness (QED) is 0.140. The zero-order valence-electron chi connectivity index (χ0n) is 28.8. The molecule has 2 atom stereocenters. The second-order valence-corrected chi connectivity index (χ2v) is 16.4. The van der Waals surface area contributed by atoms with Crippen LogP contribution in [0.5, 0.6) is 17.2 Å². The summed E-state index contributed by atoms with van der Waals surface area (Å²) in [5, 5.41) is -0.113. The minimum absolute atomic E-state index is 0.0370. The number of likely N-dealkylation sites (tertiary alicyclic amines) is 1. The number of halogens is 5.